The van der Waals surface area contributed by atoms with Gasteiger partial charge in [0.2, 0.25) is 0 Å². The zero-order valence-corrected chi connectivity index (χ0v) is 25.2. The summed E-state index contributed by atoms with van der Waals surface area (Å²) >= 11 is 0. The number of alkyl halides is 1. The molecular weight excluding hydrogens is 539 g/mol. The van der Waals surface area contributed by atoms with Gasteiger partial charge in [-0.25, -0.2) is 4.39 Å². The van der Waals surface area contributed by atoms with E-state index in [1.807, 2.05) is 13.1 Å². The first kappa shape index (κ1) is 29.1. The summed E-state index contributed by atoms with van der Waals surface area (Å²) in [5.74, 6) is 0.375. The lowest BCUT2D eigenvalue weighted by molar-refractivity contribution is -0.222. The SMILES string of the molecule is CCOCCN1CCN(C2C(F)CC3C(=O)C(C(=O)N4CCOCC4)=CN4C5CC6CCCCC6CC5OC2C34)CC1. The lowest BCUT2D eigenvalue weighted by Gasteiger charge is -2.62. The Morgan fingerprint density at radius 3 is 2.48 bits per heavy atom. The Balaban J connectivity index is 1.17. The van der Waals surface area contributed by atoms with Crippen LogP contribution in [-0.4, -0.2) is 140 Å². The van der Waals surface area contributed by atoms with Gasteiger partial charge in [0.1, 0.15) is 6.17 Å². The first-order valence-electron chi connectivity index (χ1n) is 16.8. The number of halogens is 1. The Labute approximate surface area is 249 Å². The number of hydrogen-bond donors (Lipinski definition) is 0. The highest BCUT2D eigenvalue weighted by Crippen LogP contribution is 2.50. The van der Waals surface area contributed by atoms with E-state index in [4.69, 9.17) is 14.2 Å². The van der Waals surface area contributed by atoms with Crippen LogP contribution in [0.15, 0.2) is 11.8 Å². The molecule has 9 nitrogen and oxygen atoms in total. The number of carbonyl (C=O) groups is 2. The third-order valence-electron chi connectivity index (χ3n) is 11.6. The van der Waals surface area contributed by atoms with Crippen molar-refractivity contribution >= 4 is 11.7 Å². The smallest absolute Gasteiger partial charge is 0.259 e. The van der Waals surface area contributed by atoms with Gasteiger partial charge in [-0.3, -0.25) is 19.4 Å². The Hall–Kier alpha value is -1.59. The molecule has 3 saturated heterocycles. The Kier molecular flexibility index (Phi) is 8.62. The van der Waals surface area contributed by atoms with E-state index in [1.54, 1.807) is 4.90 Å². The molecule has 0 bridgehead atoms. The summed E-state index contributed by atoms with van der Waals surface area (Å²) in [7, 11) is 0. The molecule has 1 amide bonds. The number of ether oxygens (including phenoxy) is 3. The maximum Gasteiger partial charge on any atom is 0.259 e. The van der Waals surface area contributed by atoms with Crippen LogP contribution < -0.4 is 0 Å². The lowest BCUT2D eigenvalue weighted by Crippen LogP contribution is -2.74. The number of nitrogens with zero attached hydrogens (tertiary/aromatic N) is 4. The van der Waals surface area contributed by atoms with Crippen molar-refractivity contribution in [1.29, 1.82) is 0 Å². The molecule has 42 heavy (non-hydrogen) atoms. The molecule has 0 aromatic heterocycles. The minimum Gasteiger partial charge on any atom is -0.380 e. The molecule has 0 aromatic rings. The van der Waals surface area contributed by atoms with Crippen molar-refractivity contribution in [1.82, 2.24) is 19.6 Å². The molecule has 4 heterocycles. The van der Waals surface area contributed by atoms with Crippen LogP contribution in [0.5, 0.6) is 0 Å². The van der Waals surface area contributed by atoms with Crippen molar-refractivity contribution in [3.8, 4) is 0 Å². The molecule has 0 radical (unpaired) electrons. The quantitative estimate of drug-likeness (QED) is 0.345. The number of amides is 1. The fourth-order valence-electron chi connectivity index (χ4n) is 9.42. The van der Waals surface area contributed by atoms with Crippen molar-refractivity contribution in [2.75, 3.05) is 72.2 Å². The molecule has 3 aliphatic carbocycles. The van der Waals surface area contributed by atoms with Crippen molar-refractivity contribution in [2.24, 2.45) is 17.8 Å². The predicted octanol–water partition coefficient (Wildman–Crippen LogP) is 2.10. The maximum atomic E-state index is 16.4. The number of rotatable bonds is 6. The van der Waals surface area contributed by atoms with Crippen LogP contribution in [0.4, 0.5) is 4.39 Å². The van der Waals surface area contributed by atoms with Gasteiger partial charge in [0, 0.05) is 64.5 Å². The number of hydrogen-bond acceptors (Lipinski definition) is 8. The highest BCUT2D eigenvalue weighted by molar-refractivity contribution is 6.20. The molecule has 10 heteroatoms. The molecule has 3 saturated carbocycles. The van der Waals surface area contributed by atoms with Crippen LogP contribution in [0.1, 0.15) is 51.9 Å². The molecule has 234 valence electrons. The lowest BCUT2D eigenvalue weighted by atomic mass is 9.64. The van der Waals surface area contributed by atoms with Crippen LogP contribution in [0, 0.1) is 17.8 Å². The first-order chi connectivity index (χ1) is 20.5. The number of Topliss-reactive ketones (excluding diaryl/α,β-unsaturated/α-hetero) is 1. The summed E-state index contributed by atoms with van der Waals surface area (Å²) in [6.45, 7) is 9.65. The summed E-state index contributed by atoms with van der Waals surface area (Å²) < 4.78 is 34.5. The van der Waals surface area contributed by atoms with Crippen LogP contribution in [-0.2, 0) is 23.8 Å². The molecule has 6 fully saturated rings. The number of carbonyl (C=O) groups excluding carboxylic acids is 2. The van der Waals surface area contributed by atoms with E-state index < -0.39 is 12.1 Å². The molecule has 0 aromatic carbocycles. The van der Waals surface area contributed by atoms with Gasteiger partial charge in [-0.15, -0.1) is 0 Å². The first-order valence-corrected chi connectivity index (χ1v) is 16.8. The van der Waals surface area contributed by atoms with E-state index in [9.17, 15) is 9.59 Å². The Morgan fingerprint density at radius 1 is 1.00 bits per heavy atom. The highest BCUT2D eigenvalue weighted by atomic mass is 19.1. The van der Waals surface area contributed by atoms with Gasteiger partial charge < -0.3 is 24.0 Å². The van der Waals surface area contributed by atoms with Crippen molar-refractivity contribution in [3.05, 3.63) is 11.8 Å². The molecule has 9 atom stereocenters. The van der Waals surface area contributed by atoms with Crippen molar-refractivity contribution in [2.45, 2.75) is 88.4 Å². The van der Waals surface area contributed by atoms with Gasteiger partial charge in [0.05, 0.1) is 55.7 Å². The third-order valence-corrected chi connectivity index (χ3v) is 11.6. The molecule has 0 spiro atoms. The monoisotopic (exact) mass is 588 g/mol. The van der Waals surface area contributed by atoms with E-state index in [2.05, 4.69) is 14.7 Å². The minimum absolute atomic E-state index is 0.00993. The third kappa shape index (κ3) is 5.33. The maximum absolute atomic E-state index is 16.4. The molecule has 7 rings (SSSR count). The standard InChI is InChI=1S/C32H49FN4O5/c1-2-40-14-11-34-7-9-35(10-8-34)29-25(33)19-23-28-31(29)42-27-18-22-6-4-3-5-21(22)17-26(27)37(28)20-24(30(23)38)32(39)36-12-15-41-16-13-36/h20-23,25-29,31H,2-19H2,1H3. The van der Waals surface area contributed by atoms with E-state index >= 15 is 4.39 Å². The van der Waals surface area contributed by atoms with Crippen LogP contribution in [0.25, 0.3) is 0 Å². The van der Waals surface area contributed by atoms with E-state index in [0.717, 1.165) is 58.8 Å². The summed E-state index contributed by atoms with van der Waals surface area (Å²) in [5.41, 5.74) is 0.247. The fraction of sp³-hybridized carbons (Fsp3) is 0.875. The number of fused-ring (bicyclic) bond motifs is 3. The zero-order chi connectivity index (χ0) is 28.8. The Morgan fingerprint density at radius 2 is 1.74 bits per heavy atom. The summed E-state index contributed by atoms with van der Waals surface area (Å²) in [5, 5.41) is 0. The van der Waals surface area contributed by atoms with E-state index in [0.29, 0.717) is 38.1 Å². The highest BCUT2D eigenvalue weighted by Gasteiger charge is 2.60. The molecule has 7 aliphatic rings. The van der Waals surface area contributed by atoms with Crippen molar-refractivity contribution < 1.29 is 28.2 Å². The molecule has 9 unspecified atom stereocenters. The van der Waals surface area contributed by atoms with Gasteiger partial charge >= 0.3 is 0 Å². The number of ketones is 1. The minimum atomic E-state index is -1.17. The largest absolute Gasteiger partial charge is 0.380 e. The van der Waals surface area contributed by atoms with Gasteiger partial charge in [-0.2, -0.15) is 0 Å². The van der Waals surface area contributed by atoms with Gasteiger partial charge in [0.15, 0.2) is 5.78 Å². The molecule has 0 N–H and O–H groups in total. The second kappa shape index (κ2) is 12.4. The van der Waals surface area contributed by atoms with Crippen LogP contribution in [0.3, 0.4) is 0 Å². The second-order valence-corrected chi connectivity index (χ2v) is 13.7. The summed E-state index contributed by atoms with van der Waals surface area (Å²) in [6.07, 6.45) is 7.64. The fourth-order valence-corrected chi connectivity index (χ4v) is 9.42. The molecule has 4 aliphatic heterocycles. The van der Waals surface area contributed by atoms with E-state index in [1.165, 1.54) is 25.7 Å². The van der Waals surface area contributed by atoms with E-state index in [-0.39, 0.29) is 54.0 Å². The van der Waals surface area contributed by atoms with Gasteiger partial charge in [0.25, 0.3) is 5.91 Å². The number of piperazine rings is 1. The average molecular weight is 589 g/mol. The van der Waals surface area contributed by atoms with Gasteiger partial charge in [-0.05, 0) is 38.0 Å². The number of morpholine rings is 2. The van der Waals surface area contributed by atoms with Crippen molar-refractivity contribution in [3.63, 3.8) is 0 Å². The average Bonchev–Trinajstić information content (AvgIpc) is 3.02. The summed E-state index contributed by atoms with van der Waals surface area (Å²) in [4.78, 5) is 36.5. The second-order valence-electron chi connectivity index (χ2n) is 13.7. The Bertz CT molecular complexity index is 1030. The van der Waals surface area contributed by atoms with Crippen LogP contribution >= 0.6 is 0 Å². The summed E-state index contributed by atoms with van der Waals surface area (Å²) in [6, 6.07) is -0.445. The van der Waals surface area contributed by atoms with Crippen LogP contribution in [0.2, 0.25) is 0 Å². The topological polar surface area (TPSA) is 74.8 Å². The van der Waals surface area contributed by atoms with Gasteiger partial charge in [-0.1, -0.05) is 25.7 Å². The molecular formula is C32H49FN4O5. The predicted molar refractivity (Wildman–Crippen MR) is 155 cm³/mol. The normalized spacial score (nSPS) is 41.0. The zero-order valence-electron chi connectivity index (χ0n) is 25.2.